The van der Waals surface area contributed by atoms with E-state index in [2.05, 4.69) is 31.1 Å². The van der Waals surface area contributed by atoms with Crippen LogP contribution in [0.2, 0.25) is 0 Å². The highest BCUT2D eigenvalue weighted by atomic mass is 15.1. The van der Waals surface area contributed by atoms with E-state index >= 15 is 0 Å². The molecule has 0 bridgehead atoms. The van der Waals surface area contributed by atoms with Crippen molar-refractivity contribution in [2.75, 3.05) is 26.7 Å². The van der Waals surface area contributed by atoms with Crippen molar-refractivity contribution in [2.45, 2.75) is 32.7 Å². The third kappa shape index (κ3) is 3.55. The van der Waals surface area contributed by atoms with Crippen LogP contribution < -0.4 is 5.32 Å². The highest BCUT2D eigenvalue weighted by Crippen LogP contribution is 2.06. The van der Waals surface area contributed by atoms with Gasteiger partial charge in [0.25, 0.3) is 0 Å². The maximum atomic E-state index is 3.52. The summed E-state index contributed by atoms with van der Waals surface area (Å²) >= 11 is 0. The molecule has 0 aromatic rings. The van der Waals surface area contributed by atoms with Crippen molar-refractivity contribution in [1.82, 2.24) is 10.2 Å². The molecule has 1 saturated heterocycles. The van der Waals surface area contributed by atoms with Crippen LogP contribution in [-0.2, 0) is 0 Å². The summed E-state index contributed by atoms with van der Waals surface area (Å²) in [6.45, 7) is 8.22. The van der Waals surface area contributed by atoms with E-state index in [9.17, 15) is 0 Å². The largest absolute Gasteiger partial charge is 0.313 e. The lowest BCUT2D eigenvalue weighted by atomic mass is 10.2. The number of nitrogens with zero attached hydrogens (tertiary/aromatic N) is 1. The van der Waals surface area contributed by atoms with Gasteiger partial charge in [-0.1, -0.05) is 13.8 Å². The molecule has 1 aliphatic rings. The Hall–Kier alpha value is -0.0800. The number of nitrogens with one attached hydrogen (secondary N) is 1. The second-order valence-electron chi connectivity index (χ2n) is 4.41. The molecule has 0 aromatic heterocycles. The van der Waals surface area contributed by atoms with Gasteiger partial charge in [-0.05, 0) is 32.4 Å². The van der Waals surface area contributed by atoms with Gasteiger partial charge >= 0.3 is 0 Å². The monoisotopic (exact) mass is 170 g/mol. The Labute approximate surface area is 76.3 Å². The third-order valence-electron chi connectivity index (χ3n) is 2.37. The lowest BCUT2D eigenvalue weighted by molar-refractivity contribution is 0.270. The second kappa shape index (κ2) is 4.83. The van der Waals surface area contributed by atoms with E-state index in [1.54, 1.807) is 0 Å². The predicted molar refractivity (Wildman–Crippen MR) is 53.4 cm³/mol. The minimum Gasteiger partial charge on any atom is -0.313 e. The Morgan fingerprint density at radius 3 is 2.75 bits per heavy atom. The van der Waals surface area contributed by atoms with Gasteiger partial charge in [0, 0.05) is 19.1 Å². The molecule has 1 rings (SSSR count). The number of likely N-dealkylation sites (N-methyl/N-ethyl adjacent to an activating group) is 1. The molecule has 0 spiro atoms. The van der Waals surface area contributed by atoms with Crippen LogP contribution in [0, 0.1) is 5.92 Å². The molecule has 0 unspecified atom stereocenters. The number of hydrogen-bond acceptors (Lipinski definition) is 2. The van der Waals surface area contributed by atoms with Gasteiger partial charge in [-0.3, -0.25) is 0 Å². The number of hydrogen-bond donors (Lipinski definition) is 1. The van der Waals surface area contributed by atoms with Crippen LogP contribution in [0.5, 0.6) is 0 Å². The van der Waals surface area contributed by atoms with E-state index in [1.165, 1.54) is 32.5 Å². The number of rotatable bonds is 4. The Kier molecular flexibility index (Phi) is 4.02. The fraction of sp³-hybridized carbons (Fsp3) is 1.00. The summed E-state index contributed by atoms with van der Waals surface area (Å²) in [5.74, 6) is 0.788. The van der Waals surface area contributed by atoms with E-state index in [0.29, 0.717) is 0 Å². The van der Waals surface area contributed by atoms with E-state index in [0.717, 1.165) is 12.0 Å². The Morgan fingerprint density at radius 1 is 1.50 bits per heavy atom. The molecule has 2 nitrogen and oxygen atoms in total. The zero-order valence-electron chi connectivity index (χ0n) is 8.64. The fourth-order valence-corrected chi connectivity index (χ4v) is 1.99. The van der Waals surface area contributed by atoms with Crippen molar-refractivity contribution in [3.05, 3.63) is 0 Å². The van der Waals surface area contributed by atoms with Crippen molar-refractivity contribution < 1.29 is 0 Å². The molecule has 0 saturated carbocycles. The first kappa shape index (κ1) is 10.0. The molecule has 0 aromatic carbocycles. The quantitative estimate of drug-likeness (QED) is 0.684. The second-order valence-corrected chi connectivity index (χ2v) is 4.41. The summed E-state index contributed by atoms with van der Waals surface area (Å²) in [6.07, 6.45) is 2.72. The normalized spacial score (nSPS) is 24.2. The molecule has 0 aliphatic carbocycles. The minimum atomic E-state index is 0.758. The van der Waals surface area contributed by atoms with Crippen molar-refractivity contribution in [2.24, 2.45) is 5.92 Å². The van der Waals surface area contributed by atoms with Crippen LogP contribution in [0.4, 0.5) is 0 Å². The summed E-state index contributed by atoms with van der Waals surface area (Å²) in [5, 5.41) is 3.52. The molecule has 12 heavy (non-hydrogen) atoms. The third-order valence-corrected chi connectivity index (χ3v) is 2.37. The first-order valence-electron chi connectivity index (χ1n) is 5.10. The highest BCUT2D eigenvalue weighted by Gasteiger charge is 2.15. The van der Waals surface area contributed by atoms with Gasteiger partial charge in [-0.25, -0.2) is 0 Å². The summed E-state index contributed by atoms with van der Waals surface area (Å²) in [7, 11) is 2.22. The maximum absolute atomic E-state index is 3.52. The van der Waals surface area contributed by atoms with E-state index < -0.39 is 0 Å². The average Bonchev–Trinajstić information content (AvgIpc) is 2.37. The van der Waals surface area contributed by atoms with Gasteiger partial charge in [0.05, 0.1) is 0 Å². The van der Waals surface area contributed by atoms with Crippen LogP contribution in [0.1, 0.15) is 26.7 Å². The molecule has 1 atom stereocenters. The molecule has 2 heteroatoms. The van der Waals surface area contributed by atoms with Crippen LogP contribution in [-0.4, -0.2) is 37.6 Å². The van der Waals surface area contributed by atoms with Crippen molar-refractivity contribution in [1.29, 1.82) is 0 Å². The molecule has 1 aliphatic heterocycles. The summed E-state index contributed by atoms with van der Waals surface area (Å²) in [6, 6.07) is 0.758. The van der Waals surface area contributed by atoms with E-state index in [1.807, 2.05) is 0 Å². The van der Waals surface area contributed by atoms with Gasteiger partial charge < -0.3 is 10.2 Å². The minimum absolute atomic E-state index is 0.758. The van der Waals surface area contributed by atoms with Crippen molar-refractivity contribution in [3.63, 3.8) is 0 Å². The van der Waals surface area contributed by atoms with Crippen molar-refractivity contribution in [3.8, 4) is 0 Å². The Morgan fingerprint density at radius 2 is 2.25 bits per heavy atom. The molecule has 1 heterocycles. The van der Waals surface area contributed by atoms with E-state index in [-0.39, 0.29) is 0 Å². The topological polar surface area (TPSA) is 15.3 Å². The predicted octanol–water partition coefficient (Wildman–Crippen LogP) is 1.33. The smallest absolute Gasteiger partial charge is 0.0195 e. The molecular weight excluding hydrogens is 148 g/mol. The van der Waals surface area contributed by atoms with Gasteiger partial charge in [-0.2, -0.15) is 0 Å². The molecule has 1 N–H and O–H groups in total. The molecule has 0 amide bonds. The van der Waals surface area contributed by atoms with Gasteiger partial charge in [-0.15, -0.1) is 0 Å². The summed E-state index contributed by atoms with van der Waals surface area (Å²) in [4.78, 5) is 2.44. The lowest BCUT2D eigenvalue weighted by Gasteiger charge is -2.22. The van der Waals surface area contributed by atoms with E-state index in [4.69, 9.17) is 0 Å². The Bertz CT molecular complexity index is 117. The van der Waals surface area contributed by atoms with Crippen molar-refractivity contribution >= 4 is 0 Å². The Balaban J connectivity index is 2.11. The molecule has 72 valence electrons. The summed E-state index contributed by atoms with van der Waals surface area (Å²) in [5.41, 5.74) is 0. The average molecular weight is 170 g/mol. The zero-order chi connectivity index (χ0) is 8.97. The maximum Gasteiger partial charge on any atom is 0.0195 e. The highest BCUT2D eigenvalue weighted by molar-refractivity contribution is 4.76. The summed E-state index contributed by atoms with van der Waals surface area (Å²) < 4.78 is 0. The van der Waals surface area contributed by atoms with Gasteiger partial charge in [0.15, 0.2) is 0 Å². The molecular formula is C10H22N2. The fourth-order valence-electron chi connectivity index (χ4n) is 1.99. The first-order chi connectivity index (χ1) is 5.68. The molecule has 0 radical (unpaired) electrons. The van der Waals surface area contributed by atoms with Gasteiger partial charge in [0.1, 0.15) is 0 Å². The zero-order valence-corrected chi connectivity index (χ0v) is 8.64. The van der Waals surface area contributed by atoms with Crippen LogP contribution in [0.3, 0.4) is 0 Å². The van der Waals surface area contributed by atoms with Crippen LogP contribution in [0.25, 0.3) is 0 Å². The first-order valence-corrected chi connectivity index (χ1v) is 5.10. The standard InChI is InChI=1S/C10H22N2/c1-9(2)7-12(3)8-10-5-4-6-11-10/h9-11H,4-8H2,1-3H3/t10-/m1/s1. The SMILES string of the molecule is CC(C)CN(C)C[C@H]1CCCN1. The lowest BCUT2D eigenvalue weighted by Crippen LogP contribution is -2.36. The van der Waals surface area contributed by atoms with Crippen LogP contribution >= 0.6 is 0 Å². The van der Waals surface area contributed by atoms with Gasteiger partial charge in [0.2, 0.25) is 0 Å². The van der Waals surface area contributed by atoms with Crippen LogP contribution in [0.15, 0.2) is 0 Å². The molecule has 1 fully saturated rings.